The molecule has 2 amide bonds. The SMILES string of the molecule is CCC1(CC)CC(=CC(=O)Nc2ccc3c(c2)NC(=O)C(CCO)O3)c2ccc(C(F)(F)F)cc2O1. The number of carbonyl (C=O) groups is 2. The van der Waals surface area contributed by atoms with Crippen LogP contribution in [-0.4, -0.2) is 35.2 Å². The molecule has 0 aliphatic carbocycles. The number of hydrogen-bond donors (Lipinski definition) is 3. The molecule has 7 nitrogen and oxygen atoms in total. The van der Waals surface area contributed by atoms with Gasteiger partial charge in [-0.15, -0.1) is 0 Å². The number of aliphatic hydroxyl groups is 1. The van der Waals surface area contributed by atoms with E-state index in [0.29, 0.717) is 47.5 Å². The average Bonchev–Trinajstić information content (AvgIpc) is 2.83. The minimum absolute atomic E-state index is 0.102. The zero-order chi connectivity index (χ0) is 26.1. The van der Waals surface area contributed by atoms with Crippen LogP contribution in [0.1, 0.15) is 50.7 Å². The molecule has 0 saturated carbocycles. The van der Waals surface area contributed by atoms with Crippen LogP contribution in [0, 0.1) is 0 Å². The molecule has 0 spiro atoms. The van der Waals surface area contributed by atoms with Crippen molar-refractivity contribution in [2.24, 2.45) is 0 Å². The fraction of sp³-hybridized carbons (Fsp3) is 0.385. The van der Waals surface area contributed by atoms with E-state index in [2.05, 4.69) is 10.6 Å². The summed E-state index contributed by atoms with van der Waals surface area (Å²) in [4.78, 5) is 25.1. The number of amides is 2. The minimum Gasteiger partial charge on any atom is -0.486 e. The van der Waals surface area contributed by atoms with Gasteiger partial charge in [-0.2, -0.15) is 13.2 Å². The van der Waals surface area contributed by atoms with E-state index in [-0.39, 0.29) is 18.8 Å². The van der Waals surface area contributed by atoms with Crippen molar-refractivity contribution < 1.29 is 37.3 Å². The molecular weight excluding hydrogens is 477 g/mol. The number of aliphatic hydroxyl groups excluding tert-OH is 1. The summed E-state index contributed by atoms with van der Waals surface area (Å²) in [6, 6.07) is 8.06. The van der Waals surface area contributed by atoms with Crippen molar-refractivity contribution in [1.82, 2.24) is 0 Å². The monoisotopic (exact) mass is 504 g/mol. The molecule has 1 atom stereocenters. The van der Waals surface area contributed by atoms with Gasteiger partial charge in [-0.05, 0) is 48.7 Å². The van der Waals surface area contributed by atoms with Gasteiger partial charge in [0.05, 0.1) is 11.3 Å². The van der Waals surface area contributed by atoms with Crippen LogP contribution in [0.3, 0.4) is 0 Å². The molecule has 4 rings (SSSR count). The lowest BCUT2D eigenvalue weighted by Gasteiger charge is -2.39. The van der Waals surface area contributed by atoms with Gasteiger partial charge in [0.2, 0.25) is 5.91 Å². The van der Waals surface area contributed by atoms with Gasteiger partial charge in [0.25, 0.3) is 5.91 Å². The second kappa shape index (κ2) is 9.85. The number of halogens is 3. The Morgan fingerprint density at radius 2 is 1.94 bits per heavy atom. The predicted octanol–water partition coefficient (Wildman–Crippen LogP) is 5.15. The number of ether oxygens (including phenoxy) is 2. The van der Waals surface area contributed by atoms with E-state index in [1.165, 1.54) is 12.1 Å². The van der Waals surface area contributed by atoms with E-state index in [1.807, 2.05) is 13.8 Å². The van der Waals surface area contributed by atoms with E-state index in [9.17, 15) is 22.8 Å². The molecule has 0 radical (unpaired) electrons. The number of hydrogen-bond acceptors (Lipinski definition) is 5. The number of benzene rings is 2. The Kier molecular flexibility index (Phi) is 6.99. The van der Waals surface area contributed by atoms with Gasteiger partial charge in [0, 0.05) is 36.8 Å². The average molecular weight is 505 g/mol. The van der Waals surface area contributed by atoms with Gasteiger partial charge in [0.15, 0.2) is 6.10 Å². The van der Waals surface area contributed by atoms with Gasteiger partial charge < -0.3 is 25.2 Å². The third kappa shape index (κ3) is 5.18. The van der Waals surface area contributed by atoms with Crippen molar-refractivity contribution >= 4 is 28.8 Å². The van der Waals surface area contributed by atoms with Crippen LogP contribution in [0.2, 0.25) is 0 Å². The van der Waals surface area contributed by atoms with E-state index in [0.717, 1.165) is 12.1 Å². The maximum absolute atomic E-state index is 13.3. The number of rotatable bonds is 6. The Balaban J connectivity index is 1.60. The molecule has 0 fully saturated rings. The summed E-state index contributed by atoms with van der Waals surface area (Å²) < 4.78 is 51.5. The quantitative estimate of drug-likeness (QED) is 0.473. The Labute approximate surface area is 206 Å². The van der Waals surface area contributed by atoms with Crippen molar-refractivity contribution in [3.05, 3.63) is 53.6 Å². The van der Waals surface area contributed by atoms with Crippen LogP contribution >= 0.6 is 0 Å². The lowest BCUT2D eigenvalue weighted by Crippen LogP contribution is -2.38. The van der Waals surface area contributed by atoms with E-state index in [1.54, 1.807) is 18.2 Å². The Bertz CT molecular complexity index is 1200. The molecule has 2 aliphatic rings. The first-order chi connectivity index (χ1) is 17.1. The van der Waals surface area contributed by atoms with Crippen LogP contribution in [0.25, 0.3) is 5.57 Å². The highest BCUT2D eigenvalue weighted by Gasteiger charge is 2.38. The fourth-order valence-corrected chi connectivity index (χ4v) is 4.41. The molecule has 1 unspecified atom stereocenters. The Morgan fingerprint density at radius 3 is 2.61 bits per heavy atom. The summed E-state index contributed by atoms with van der Waals surface area (Å²) in [6.07, 6.45) is -2.30. The molecular formula is C26H27F3N2O5. The zero-order valence-corrected chi connectivity index (χ0v) is 19.9. The highest BCUT2D eigenvalue weighted by atomic mass is 19.4. The molecule has 2 aliphatic heterocycles. The highest BCUT2D eigenvalue weighted by Crippen LogP contribution is 2.45. The highest BCUT2D eigenvalue weighted by molar-refractivity contribution is 6.05. The van der Waals surface area contributed by atoms with Crippen molar-refractivity contribution in [3.8, 4) is 11.5 Å². The summed E-state index contributed by atoms with van der Waals surface area (Å²) in [6.45, 7) is 3.60. The second-order valence-electron chi connectivity index (χ2n) is 8.86. The predicted molar refractivity (Wildman–Crippen MR) is 128 cm³/mol. The lowest BCUT2D eigenvalue weighted by atomic mass is 9.83. The molecule has 2 heterocycles. The summed E-state index contributed by atoms with van der Waals surface area (Å²) in [5.74, 6) is -0.349. The second-order valence-corrected chi connectivity index (χ2v) is 8.86. The molecule has 36 heavy (non-hydrogen) atoms. The standard InChI is InChI=1S/C26H27F3N2O5/c1-3-25(4-2)14-15(18-7-5-16(26(27,28)29)12-22(18)36-25)11-23(33)30-17-6-8-20-19(13-17)31-24(34)21(35-20)9-10-32/h5-8,11-13,21,32H,3-4,9-10,14H2,1-2H3,(H,30,33)(H,31,34). The number of alkyl halides is 3. The van der Waals surface area contributed by atoms with Gasteiger partial charge in [-0.1, -0.05) is 19.9 Å². The van der Waals surface area contributed by atoms with Crippen LogP contribution in [0.5, 0.6) is 11.5 Å². The molecule has 2 aromatic carbocycles. The fourth-order valence-electron chi connectivity index (χ4n) is 4.41. The number of fused-ring (bicyclic) bond motifs is 2. The maximum atomic E-state index is 13.3. The van der Waals surface area contributed by atoms with Crippen molar-refractivity contribution in [1.29, 1.82) is 0 Å². The largest absolute Gasteiger partial charge is 0.486 e. The van der Waals surface area contributed by atoms with E-state index < -0.39 is 35.3 Å². The first-order valence-electron chi connectivity index (χ1n) is 11.7. The van der Waals surface area contributed by atoms with Gasteiger partial charge in [0.1, 0.15) is 17.1 Å². The van der Waals surface area contributed by atoms with Gasteiger partial charge in [-0.3, -0.25) is 9.59 Å². The van der Waals surface area contributed by atoms with E-state index >= 15 is 0 Å². The number of anilines is 2. The van der Waals surface area contributed by atoms with Gasteiger partial charge in [-0.25, -0.2) is 0 Å². The molecule has 2 aromatic rings. The Hall–Kier alpha value is -3.53. The topological polar surface area (TPSA) is 96.9 Å². The van der Waals surface area contributed by atoms with Crippen molar-refractivity contribution in [2.45, 2.75) is 57.4 Å². The first-order valence-corrected chi connectivity index (χ1v) is 11.7. The minimum atomic E-state index is -4.51. The molecule has 0 saturated heterocycles. The molecule has 10 heteroatoms. The number of carbonyl (C=O) groups excluding carboxylic acids is 2. The summed E-state index contributed by atoms with van der Waals surface area (Å²) in [7, 11) is 0. The third-order valence-electron chi connectivity index (χ3n) is 6.55. The van der Waals surface area contributed by atoms with Crippen LogP contribution in [0.4, 0.5) is 24.5 Å². The van der Waals surface area contributed by atoms with E-state index in [4.69, 9.17) is 14.6 Å². The van der Waals surface area contributed by atoms with Crippen molar-refractivity contribution in [2.75, 3.05) is 17.2 Å². The maximum Gasteiger partial charge on any atom is 0.416 e. The smallest absolute Gasteiger partial charge is 0.416 e. The Morgan fingerprint density at radius 1 is 1.19 bits per heavy atom. The van der Waals surface area contributed by atoms with Gasteiger partial charge >= 0.3 is 6.18 Å². The summed E-state index contributed by atoms with van der Waals surface area (Å²) in [5.41, 5.74) is 0.266. The third-order valence-corrected chi connectivity index (χ3v) is 6.55. The molecule has 0 bridgehead atoms. The van der Waals surface area contributed by atoms with Crippen molar-refractivity contribution in [3.63, 3.8) is 0 Å². The van der Waals surface area contributed by atoms with Crippen LogP contribution in [-0.2, 0) is 15.8 Å². The summed E-state index contributed by atoms with van der Waals surface area (Å²) >= 11 is 0. The van der Waals surface area contributed by atoms with Crippen LogP contribution < -0.4 is 20.1 Å². The lowest BCUT2D eigenvalue weighted by molar-refractivity contribution is -0.137. The summed E-state index contributed by atoms with van der Waals surface area (Å²) in [5, 5.41) is 14.5. The molecule has 0 aromatic heterocycles. The zero-order valence-electron chi connectivity index (χ0n) is 19.9. The first kappa shape index (κ1) is 25.6. The van der Waals surface area contributed by atoms with Crippen LogP contribution in [0.15, 0.2) is 42.5 Å². The normalized spacial score (nSPS) is 19.4. The molecule has 3 N–H and O–H groups in total. The number of nitrogens with one attached hydrogen (secondary N) is 2. The molecule has 192 valence electrons.